The number of nitrogens with zero attached hydrogens (tertiary/aromatic N) is 2. The molecule has 0 fully saturated rings. The van der Waals surface area contributed by atoms with E-state index < -0.39 is 0 Å². The lowest BCUT2D eigenvalue weighted by atomic mass is 10.2. The largest absolute Gasteiger partial charge is 0.356 e. The monoisotopic (exact) mass is 196 g/mol. The molecule has 0 radical (unpaired) electrons. The second-order valence-electron chi connectivity index (χ2n) is 4.19. The van der Waals surface area contributed by atoms with Crippen molar-refractivity contribution in [2.24, 2.45) is 0 Å². The number of allylic oxidation sites excluding steroid dienone is 2. The van der Waals surface area contributed by atoms with Gasteiger partial charge in [-0.15, -0.1) is 0 Å². The van der Waals surface area contributed by atoms with E-state index in [1.807, 2.05) is 0 Å². The van der Waals surface area contributed by atoms with Gasteiger partial charge in [-0.3, -0.25) is 0 Å². The van der Waals surface area contributed by atoms with Crippen LogP contribution < -0.4 is 0 Å². The molecular formula is C12H24N2. The van der Waals surface area contributed by atoms with Gasteiger partial charge in [0.1, 0.15) is 6.17 Å². The predicted molar refractivity (Wildman–Crippen MR) is 61.8 cm³/mol. The number of unbranched alkanes of at least 4 members (excludes halogenated alkanes) is 1. The molecule has 0 aromatic carbocycles. The van der Waals surface area contributed by atoms with Gasteiger partial charge in [0.15, 0.2) is 0 Å². The van der Waals surface area contributed by atoms with Gasteiger partial charge in [-0.05, 0) is 33.6 Å². The first-order valence-corrected chi connectivity index (χ1v) is 5.80. The van der Waals surface area contributed by atoms with Crippen LogP contribution in [0.2, 0.25) is 0 Å². The maximum Gasteiger partial charge on any atom is 0.101 e. The standard InChI is InChI=1S/C12H24N2/c1-6-8-9-12-13(5)10(3)11(4)14(12)7-2/h12H,6-9H2,1-5H3. The van der Waals surface area contributed by atoms with Gasteiger partial charge in [-0.1, -0.05) is 13.3 Å². The quantitative estimate of drug-likeness (QED) is 0.682. The lowest BCUT2D eigenvalue weighted by Crippen LogP contribution is -2.38. The van der Waals surface area contributed by atoms with Gasteiger partial charge in [-0.2, -0.15) is 0 Å². The average Bonchev–Trinajstić information content (AvgIpc) is 2.39. The summed E-state index contributed by atoms with van der Waals surface area (Å²) in [6, 6.07) is 0. The summed E-state index contributed by atoms with van der Waals surface area (Å²) < 4.78 is 0. The summed E-state index contributed by atoms with van der Waals surface area (Å²) in [5.41, 5.74) is 2.89. The Kier molecular flexibility index (Phi) is 3.85. The van der Waals surface area contributed by atoms with Crippen LogP contribution in [0.4, 0.5) is 0 Å². The van der Waals surface area contributed by atoms with Crippen molar-refractivity contribution in [1.82, 2.24) is 9.80 Å². The van der Waals surface area contributed by atoms with Gasteiger partial charge >= 0.3 is 0 Å². The molecule has 1 unspecified atom stereocenters. The second kappa shape index (κ2) is 4.72. The lowest BCUT2D eigenvalue weighted by Gasteiger charge is -2.31. The normalized spacial score (nSPS) is 22.5. The minimum Gasteiger partial charge on any atom is -0.356 e. The Morgan fingerprint density at radius 1 is 1.14 bits per heavy atom. The summed E-state index contributed by atoms with van der Waals surface area (Å²) in [5, 5.41) is 0. The minimum absolute atomic E-state index is 0.611. The highest BCUT2D eigenvalue weighted by molar-refractivity contribution is 5.15. The molecule has 1 aliphatic heterocycles. The van der Waals surface area contributed by atoms with E-state index in [4.69, 9.17) is 0 Å². The Morgan fingerprint density at radius 2 is 1.79 bits per heavy atom. The Hall–Kier alpha value is -0.660. The molecule has 2 nitrogen and oxygen atoms in total. The van der Waals surface area contributed by atoms with Crippen molar-refractivity contribution < 1.29 is 0 Å². The van der Waals surface area contributed by atoms with E-state index in [0.29, 0.717) is 6.17 Å². The van der Waals surface area contributed by atoms with Crippen molar-refractivity contribution in [3.63, 3.8) is 0 Å². The molecule has 0 bridgehead atoms. The maximum absolute atomic E-state index is 2.52. The first-order valence-electron chi connectivity index (χ1n) is 5.80. The third-order valence-electron chi connectivity index (χ3n) is 3.45. The van der Waals surface area contributed by atoms with E-state index in [9.17, 15) is 0 Å². The number of hydrogen-bond acceptors (Lipinski definition) is 2. The van der Waals surface area contributed by atoms with E-state index in [2.05, 4.69) is 44.5 Å². The Labute approximate surface area is 88.6 Å². The van der Waals surface area contributed by atoms with Crippen LogP contribution in [0.3, 0.4) is 0 Å². The first kappa shape index (κ1) is 11.4. The van der Waals surface area contributed by atoms with Gasteiger partial charge in [0, 0.05) is 25.0 Å². The van der Waals surface area contributed by atoms with E-state index in [1.165, 1.54) is 30.7 Å². The van der Waals surface area contributed by atoms with Gasteiger partial charge in [-0.25, -0.2) is 0 Å². The summed E-state index contributed by atoms with van der Waals surface area (Å²) in [6.45, 7) is 10.1. The van der Waals surface area contributed by atoms with Crippen molar-refractivity contribution in [3.8, 4) is 0 Å². The molecule has 0 spiro atoms. The molecular weight excluding hydrogens is 172 g/mol. The van der Waals surface area contributed by atoms with E-state index in [-0.39, 0.29) is 0 Å². The number of rotatable bonds is 4. The average molecular weight is 196 g/mol. The van der Waals surface area contributed by atoms with Gasteiger partial charge in [0.05, 0.1) is 0 Å². The molecule has 0 amide bonds. The topological polar surface area (TPSA) is 6.48 Å². The Bertz CT molecular complexity index is 220. The fraction of sp³-hybridized carbons (Fsp3) is 0.833. The van der Waals surface area contributed by atoms with Crippen molar-refractivity contribution in [1.29, 1.82) is 0 Å². The van der Waals surface area contributed by atoms with E-state index in [0.717, 1.165) is 6.54 Å². The number of hydrogen-bond donors (Lipinski definition) is 0. The molecule has 0 aliphatic carbocycles. The smallest absolute Gasteiger partial charge is 0.101 e. The van der Waals surface area contributed by atoms with Crippen LogP contribution in [-0.4, -0.2) is 29.6 Å². The molecule has 1 rings (SSSR count). The summed E-state index contributed by atoms with van der Waals surface area (Å²) in [4.78, 5) is 4.94. The highest BCUT2D eigenvalue weighted by Crippen LogP contribution is 2.29. The van der Waals surface area contributed by atoms with Crippen molar-refractivity contribution in [3.05, 3.63) is 11.4 Å². The zero-order valence-corrected chi connectivity index (χ0v) is 10.3. The van der Waals surface area contributed by atoms with Crippen LogP contribution in [0.5, 0.6) is 0 Å². The molecule has 0 N–H and O–H groups in total. The Balaban J connectivity index is 2.68. The SMILES string of the molecule is CCCCC1N(C)C(C)=C(C)N1CC. The summed E-state index contributed by atoms with van der Waals surface area (Å²) in [5.74, 6) is 0. The summed E-state index contributed by atoms with van der Waals surface area (Å²) in [6.07, 6.45) is 4.52. The molecule has 14 heavy (non-hydrogen) atoms. The molecule has 1 heterocycles. The van der Waals surface area contributed by atoms with Crippen LogP contribution in [0.25, 0.3) is 0 Å². The van der Waals surface area contributed by atoms with Crippen LogP contribution in [0.1, 0.15) is 47.0 Å². The maximum atomic E-state index is 2.52. The molecule has 1 atom stereocenters. The lowest BCUT2D eigenvalue weighted by molar-refractivity contribution is 0.154. The second-order valence-corrected chi connectivity index (χ2v) is 4.19. The summed E-state index contributed by atoms with van der Waals surface area (Å²) in [7, 11) is 2.22. The highest BCUT2D eigenvalue weighted by atomic mass is 15.4. The minimum atomic E-state index is 0.611. The first-order chi connectivity index (χ1) is 6.63. The third kappa shape index (κ3) is 1.89. The molecule has 0 aromatic rings. The molecule has 1 aliphatic rings. The highest BCUT2D eigenvalue weighted by Gasteiger charge is 2.29. The summed E-state index contributed by atoms with van der Waals surface area (Å²) >= 11 is 0. The van der Waals surface area contributed by atoms with E-state index >= 15 is 0 Å². The van der Waals surface area contributed by atoms with Gasteiger partial charge < -0.3 is 9.80 Å². The molecule has 0 saturated heterocycles. The van der Waals surface area contributed by atoms with Gasteiger partial charge in [0.2, 0.25) is 0 Å². The molecule has 82 valence electrons. The van der Waals surface area contributed by atoms with E-state index in [1.54, 1.807) is 0 Å². The third-order valence-corrected chi connectivity index (χ3v) is 3.45. The molecule has 0 aromatic heterocycles. The van der Waals surface area contributed by atoms with Crippen molar-refractivity contribution in [2.75, 3.05) is 13.6 Å². The zero-order valence-electron chi connectivity index (χ0n) is 10.3. The molecule has 2 heteroatoms. The zero-order chi connectivity index (χ0) is 10.7. The fourth-order valence-electron chi connectivity index (χ4n) is 2.30. The van der Waals surface area contributed by atoms with Crippen LogP contribution >= 0.6 is 0 Å². The van der Waals surface area contributed by atoms with Crippen LogP contribution in [0.15, 0.2) is 11.4 Å². The molecule has 0 saturated carbocycles. The van der Waals surface area contributed by atoms with Crippen molar-refractivity contribution in [2.45, 2.75) is 53.1 Å². The fourth-order valence-corrected chi connectivity index (χ4v) is 2.30. The van der Waals surface area contributed by atoms with Gasteiger partial charge in [0.25, 0.3) is 0 Å². The van der Waals surface area contributed by atoms with Crippen LogP contribution in [-0.2, 0) is 0 Å². The van der Waals surface area contributed by atoms with Crippen LogP contribution in [0, 0.1) is 0 Å². The predicted octanol–water partition coefficient (Wildman–Crippen LogP) is 3.02. The Morgan fingerprint density at radius 3 is 2.29 bits per heavy atom. The van der Waals surface area contributed by atoms with Crippen molar-refractivity contribution >= 4 is 0 Å².